The van der Waals surface area contributed by atoms with Crippen LogP contribution >= 0.6 is 15.9 Å². The van der Waals surface area contributed by atoms with Crippen LogP contribution in [-0.4, -0.2) is 21.2 Å². The van der Waals surface area contributed by atoms with Crippen LogP contribution < -0.4 is 5.32 Å². The smallest absolute Gasteiger partial charge is 0.405 e. The summed E-state index contributed by atoms with van der Waals surface area (Å²) in [6.45, 7) is 4.13. The van der Waals surface area contributed by atoms with Crippen molar-refractivity contribution in [3.05, 3.63) is 63.9 Å². The molecule has 0 radical (unpaired) electrons. The Balaban J connectivity index is 1.93. The van der Waals surface area contributed by atoms with E-state index in [2.05, 4.69) is 63.3 Å². The fraction of sp³-hybridized carbons (Fsp3) is 0.300. The molecule has 0 bridgehead atoms. The van der Waals surface area contributed by atoms with E-state index in [0.29, 0.717) is 18.2 Å². The summed E-state index contributed by atoms with van der Waals surface area (Å²) in [5, 5.41) is 11.7. The molecule has 0 aliphatic heterocycles. The Hall–Kier alpha value is -2.34. The van der Waals surface area contributed by atoms with Gasteiger partial charge in [0.25, 0.3) is 0 Å². The molecule has 6 heteroatoms. The summed E-state index contributed by atoms with van der Waals surface area (Å²) in [6.07, 6.45) is 0.459. The van der Waals surface area contributed by atoms with Crippen LogP contribution in [-0.2, 0) is 6.42 Å². The van der Waals surface area contributed by atoms with Gasteiger partial charge >= 0.3 is 6.09 Å². The largest absolute Gasteiger partial charge is 0.465 e. The number of aromatic amines is 1. The van der Waals surface area contributed by atoms with Gasteiger partial charge in [0, 0.05) is 4.47 Å². The van der Waals surface area contributed by atoms with Crippen LogP contribution in [0.1, 0.15) is 43.3 Å². The van der Waals surface area contributed by atoms with E-state index < -0.39 is 6.09 Å². The topological polar surface area (TPSA) is 78.0 Å². The first kappa shape index (κ1) is 18.5. The number of nitrogens with one attached hydrogen (secondary N) is 2. The molecule has 3 aromatic rings. The van der Waals surface area contributed by atoms with Gasteiger partial charge in [0.2, 0.25) is 0 Å². The normalized spacial score (nSPS) is 12.5. The lowest BCUT2D eigenvalue weighted by Gasteiger charge is -2.16. The third kappa shape index (κ3) is 4.43. The molecule has 0 spiro atoms. The van der Waals surface area contributed by atoms with Crippen LogP contribution in [0.3, 0.4) is 0 Å². The molecule has 1 amide bonds. The highest BCUT2D eigenvalue weighted by Gasteiger charge is 2.20. The molecule has 26 heavy (non-hydrogen) atoms. The lowest BCUT2D eigenvalue weighted by molar-refractivity contribution is 0.187. The zero-order valence-corrected chi connectivity index (χ0v) is 16.4. The standard InChI is InChI=1S/C20H22BrN3O2/c1-12(2)8-18(24-20(25)26)19-22-16-10-14(15(21)11-17(16)23-19)9-13-6-4-3-5-7-13/h3-7,10-12,18,24H,8-9H2,1-2H3,(H,22,23)(H,25,26). The summed E-state index contributed by atoms with van der Waals surface area (Å²) in [5.41, 5.74) is 4.13. The number of carbonyl (C=O) groups is 1. The lowest BCUT2D eigenvalue weighted by Crippen LogP contribution is -2.28. The third-order valence-corrected chi connectivity index (χ3v) is 4.98. The van der Waals surface area contributed by atoms with Crippen LogP contribution in [0.2, 0.25) is 0 Å². The van der Waals surface area contributed by atoms with E-state index in [4.69, 9.17) is 5.11 Å². The van der Waals surface area contributed by atoms with E-state index in [1.165, 1.54) is 5.56 Å². The predicted molar refractivity (Wildman–Crippen MR) is 106 cm³/mol. The molecule has 3 N–H and O–H groups in total. The van der Waals surface area contributed by atoms with Gasteiger partial charge in [0.05, 0.1) is 17.1 Å². The molecule has 2 aromatic carbocycles. The van der Waals surface area contributed by atoms with E-state index in [-0.39, 0.29) is 6.04 Å². The average Bonchev–Trinajstić information content (AvgIpc) is 2.97. The van der Waals surface area contributed by atoms with E-state index in [9.17, 15) is 4.79 Å². The third-order valence-electron chi connectivity index (χ3n) is 4.24. The summed E-state index contributed by atoms with van der Waals surface area (Å²) in [4.78, 5) is 19.0. The highest BCUT2D eigenvalue weighted by atomic mass is 79.9. The second kappa shape index (κ2) is 7.91. The van der Waals surface area contributed by atoms with Gasteiger partial charge in [-0.15, -0.1) is 0 Å². The molecule has 0 aliphatic rings. The van der Waals surface area contributed by atoms with Crippen LogP contribution in [0.25, 0.3) is 11.0 Å². The van der Waals surface area contributed by atoms with Crippen LogP contribution in [0.5, 0.6) is 0 Å². The summed E-state index contributed by atoms with van der Waals surface area (Å²) in [6, 6.07) is 14.0. The lowest BCUT2D eigenvalue weighted by atomic mass is 10.0. The minimum Gasteiger partial charge on any atom is -0.465 e. The molecule has 5 nitrogen and oxygen atoms in total. The van der Waals surface area contributed by atoms with E-state index in [1.54, 1.807) is 0 Å². The molecule has 0 saturated heterocycles. The van der Waals surface area contributed by atoms with Crippen LogP contribution in [0.15, 0.2) is 46.9 Å². The molecular weight excluding hydrogens is 394 g/mol. The Kier molecular flexibility index (Phi) is 5.61. The number of halogens is 1. The number of imidazole rings is 1. The summed E-state index contributed by atoms with van der Waals surface area (Å²) >= 11 is 3.64. The monoisotopic (exact) mass is 415 g/mol. The highest BCUT2D eigenvalue weighted by molar-refractivity contribution is 9.10. The summed E-state index contributed by atoms with van der Waals surface area (Å²) in [7, 11) is 0. The first-order valence-corrected chi connectivity index (χ1v) is 9.43. The number of H-pyrrole nitrogens is 1. The second-order valence-electron chi connectivity index (χ2n) is 6.88. The quantitative estimate of drug-likeness (QED) is 0.512. The number of hydrogen-bond donors (Lipinski definition) is 3. The fourth-order valence-electron chi connectivity index (χ4n) is 3.07. The van der Waals surface area contributed by atoms with E-state index in [1.807, 2.05) is 24.3 Å². The maximum absolute atomic E-state index is 11.1. The van der Waals surface area contributed by atoms with Crippen LogP contribution in [0.4, 0.5) is 4.79 Å². The van der Waals surface area contributed by atoms with Gasteiger partial charge in [0.15, 0.2) is 0 Å². The number of benzene rings is 2. The van der Waals surface area contributed by atoms with Crippen molar-refractivity contribution in [1.82, 2.24) is 15.3 Å². The molecule has 0 saturated carbocycles. The number of aromatic nitrogens is 2. The average molecular weight is 416 g/mol. The van der Waals surface area contributed by atoms with Gasteiger partial charge in [-0.2, -0.15) is 0 Å². The molecule has 1 atom stereocenters. The van der Waals surface area contributed by atoms with Crippen molar-refractivity contribution in [2.75, 3.05) is 0 Å². The summed E-state index contributed by atoms with van der Waals surface area (Å²) in [5.74, 6) is 1.00. The Morgan fingerprint density at radius 3 is 2.65 bits per heavy atom. The van der Waals surface area contributed by atoms with Crippen LogP contribution in [0, 0.1) is 5.92 Å². The van der Waals surface area contributed by atoms with Gasteiger partial charge in [-0.3, -0.25) is 0 Å². The molecule has 136 valence electrons. The predicted octanol–water partition coefficient (Wildman–Crippen LogP) is 5.27. The summed E-state index contributed by atoms with van der Waals surface area (Å²) < 4.78 is 0.999. The Labute approximate surface area is 161 Å². The first-order chi connectivity index (χ1) is 12.4. The second-order valence-corrected chi connectivity index (χ2v) is 7.73. The van der Waals surface area contributed by atoms with Crippen molar-refractivity contribution in [2.45, 2.75) is 32.7 Å². The van der Waals surface area contributed by atoms with Crippen molar-refractivity contribution in [2.24, 2.45) is 5.92 Å². The molecule has 0 aliphatic carbocycles. The number of hydrogen-bond acceptors (Lipinski definition) is 2. The van der Waals surface area contributed by atoms with Crippen molar-refractivity contribution in [3.8, 4) is 0 Å². The number of fused-ring (bicyclic) bond motifs is 1. The fourth-order valence-corrected chi connectivity index (χ4v) is 3.54. The molecule has 3 rings (SSSR count). The molecular formula is C20H22BrN3O2. The SMILES string of the molecule is CC(C)CC(NC(=O)O)c1nc2cc(Br)c(Cc3ccccc3)cc2[nH]1. The molecule has 1 aromatic heterocycles. The first-order valence-electron chi connectivity index (χ1n) is 8.63. The Bertz CT molecular complexity index is 906. The molecule has 1 heterocycles. The molecule has 0 fully saturated rings. The molecule has 1 unspecified atom stereocenters. The van der Waals surface area contributed by atoms with Crippen molar-refractivity contribution in [1.29, 1.82) is 0 Å². The van der Waals surface area contributed by atoms with E-state index in [0.717, 1.165) is 27.5 Å². The maximum atomic E-state index is 11.1. The van der Waals surface area contributed by atoms with Crippen molar-refractivity contribution >= 4 is 33.1 Å². The number of carboxylic acid groups (broad SMARTS) is 1. The van der Waals surface area contributed by atoms with Gasteiger partial charge in [-0.25, -0.2) is 9.78 Å². The number of rotatable bonds is 6. The van der Waals surface area contributed by atoms with Gasteiger partial charge in [-0.1, -0.05) is 60.1 Å². The van der Waals surface area contributed by atoms with E-state index >= 15 is 0 Å². The number of amides is 1. The zero-order chi connectivity index (χ0) is 18.7. The Morgan fingerprint density at radius 2 is 2.00 bits per heavy atom. The highest BCUT2D eigenvalue weighted by Crippen LogP contribution is 2.28. The minimum absolute atomic E-state index is 0.348. The zero-order valence-electron chi connectivity index (χ0n) is 14.8. The van der Waals surface area contributed by atoms with Crippen molar-refractivity contribution in [3.63, 3.8) is 0 Å². The van der Waals surface area contributed by atoms with Gasteiger partial charge in [0.1, 0.15) is 5.82 Å². The van der Waals surface area contributed by atoms with Gasteiger partial charge in [-0.05, 0) is 42.0 Å². The Morgan fingerprint density at radius 1 is 1.27 bits per heavy atom. The number of nitrogens with zero attached hydrogens (tertiary/aromatic N) is 1. The van der Waals surface area contributed by atoms with Gasteiger partial charge < -0.3 is 15.4 Å². The minimum atomic E-state index is -1.04. The maximum Gasteiger partial charge on any atom is 0.405 e. The van der Waals surface area contributed by atoms with Crippen molar-refractivity contribution < 1.29 is 9.90 Å².